The monoisotopic (exact) mass is 289 g/mol. The number of carbonyl (C=O) groups excluding carboxylic acids is 2. The van der Waals surface area contributed by atoms with E-state index in [1.807, 2.05) is 25.1 Å². The van der Waals surface area contributed by atoms with Crippen molar-refractivity contribution in [1.29, 1.82) is 0 Å². The zero-order valence-corrected chi connectivity index (χ0v) is 12.2. The number of ether oxygens (including phenoxy) is 1. The molecule has 0 bridgehead atoms. The Kier molecular flexibility index (Phi) is 4.75. The van der Waals surface area contributed by atoms with E-state index in [0.29, 0.717) is 12.1 Å². The average Bonchev–Trinajstić information content (AvgIpc) is 2.83. The molecule has 2 rings (SSSR count). The number of hydrogen-bond acceptors (Lipinski definition) is 4. The number of esters is 1. The molecule has 0 aliphatic carbocycles. The summed E-state index contributed by atoms with van der Waals surface area (Å²) < 4.78 is 4.55. The van der Waals surface area contributed by atoms with Crippen LogP contribution >= 0.6 is 0 Å². The van der Waals surface area contributed by atoms with Gasteiger partial charge in [-0.25, -0.2) is 0 Å². The van der Waals surface area contributed by atoms with Crippen LogP contribution in [-0.2, 0) is 16.0 Å². The second-order valence-electron chi connectivity index (χ2n) is 5.00. The van der Waals surface area contributed by atoms with E-state index in [1.54, 1.807) is 0 Å². The number of hydrogen-bond donors (Lipinski definition) is 2. The first-order valence-electron chi connectivity index (χ1n) is 6.89. The lowest BCUT2D eigenvalue weighted by Crippen LogP contribution is -2.08. The topological polar surface area (TPSA) is 79.4 Å². The highest BCUT2D eigenvalue weighted by Crippen LogP contribution is 2.25. The maximum absolute atomic E-state index is 12.3. The number of aliphatic hydroxyl groups excluding tert-OH is 1. The SMILES string of the molecule is COC(=O)CCC(=O)c1[nH]c2ccc(C)cc2c1CCO. The fourth-order valence-electron chi connectivity index (χ4n) is 2.41. The van der Waals surface area contributed by atoms with Crippen LogP contribution in [0.2, 0.25) is 0 Å². The summed E-state index contributed by atoms with van der Waals surface area (Å²) in [5.74, 6) is -0.545. The van der Waals surface area contributed by atoms with Crippen LogP contribution in [0.4, 0.5) is 0 Å². The standard InChI is InChI=1S/C16H19NO4/c1-10-3-4-13-12(9-10)11(7-8-18)16(17-13)14(19)5-6-15(20)21-2/h3-4,9,17-18H,5-8H2,1-2H3. The van der Waals surface area contributed by atoms with Gasteiger partial charge in [-0.15, -0.1) is 0 Å². The molecule has 112 valence electrons. The molecule has 1 aromatic carbocycles. The summed E-state index contributed by atoms with van der Waals surface area (Å²) in [6.07, 6.45) is 0.557. The van der Waals surface area contributed by atoms with Gasteiger partial charge in [0.05, 0.1) is 19.2 Å². The van der Waals surface area contributed by atoms with Crippen LogP contribution < -0.4 is 0 Å². The lowest BCUT2D eigenvalue weighted by molar-refractivity contribution is -0.140. The third-order valence-electron chi connectivity index (χ3n) is 3.49. The van der Waals surface area contributed by atoms with E-state index < -0.39 is 5.97 Å². The smallest absolute Gasteiger partial charge is 0.305 e. The molecule has 0 fully saturated rings. The van der Waals surface area contributed by atoms with Crippen molar-refractivity contribution in [3.8, 4) is 0 Å². The molecule has 1 heterocycles. The van der Waals surface area contributed by atoms with Crippen molar-refractivity contribution in [2.45, 2.75) is 26.2 Å². The molecular weight excluding hydrogens is 270 g/mol. The number of carbonyl (C=O) groups is 2. The molecule has 0 aliphatic rings. The second-order valence-corrected chi connectivity index (χ2v) is 5.00. The Morgan fingerprint density at radius 2 is 2.05 bits per heavy atom. The van der Waals surface area contributed by atoms with Crippen LogP contribution in [0.3, 0.4) is 0 Å². The highest BCUT2D eigenvalue weighted by atomic mass is 16.5. The van der Waals surface area contributed by atoms with Gasteiger partial charge in [-0.3, -0.25) is 9.59 Å². The molecule has 5 heteroatoms. The molecule has 1 aromatic heterocycles. The number of aromatic nitrogens is 1. The summed E-state index contributed by atoms with van der Waals surface area (Å²) >= 11 is 0. The molecule has 0 saturated carbocycles. The van der Waals surface area contributed by atoms with Crippen LogP contribution in [0.1, 0.15) is 34.5 Å². The molecule has 5 nitrogen and oxygen atoms in total. The molecule has 2 N–H and O–H groups in total. The summed E-state index contributed by atoms with van der Waals surface area (Å²) in [6, 6.07) is 5.88. The van der Waals surface area contributed by atoms with E-state index in [0.717, 1.165) is 22.0 Å². The fourth-order valence-corrected chi connectivity index (χ4v) is 2.41. The number of nitrogens with one attached hydrogen (secondary N) is 1. The average molecular weight is 289 g/mol. The number of aryl methyl sites for hydroxylation is 1. The van der Waals surface area contributed by atoms with Gasteiger partial charge >= 0.3 is 5.97 Å². The fraction of sp³-hybridized carbons (Fsp3) is 0.375. The van der Waals surface area contributed by atoms with Gasteiger partial charge < -0.3 is 14.8 Å². The Hall–Kier alpha value is -2.14. The Bertz CT molecular complexity index is 672. The second kappa shape index (κ2) is 6.54. The number of aliphatic hydroxyl groups is 1. The molecule has 2 aromatic rings. The quantitative estimate of drug-likeness (QED) is 0.631. The van der Waals surface area contributed by atoms with Gasteiger partial charge in [-0.1, -0.05) is 11.6 Å². The largest absolute Gasteiger partial charge is 0.469 e. The van der Waals surface area contributed by atoms with Crippen LogP contribution in [0, 0.1) is 6.92 Å². The van der Waals surface area contributed by atoms with Gasteiger partial charge in [0.1, 0.15) is 0 Å². The minimum absolute atomic E-state index is 0.0296. The number of rotatable bonds is 6. The van der Waals surface area contributed by atoms with E-state index >= 15 is 0 Å². The van der Waals surface area contributed by atoms with E-state index in [4.69, 9.17) is 0 Å². The maximum atomic E-state index is 12.3. The zero-order chi connectivity index (χ0) is 15.4. The highest BCUT2D eigenvalue weighted by molar-refractivity contribution is 6.03. The van der Waals surface area contributed by atoms with Crippen molar-refractivity contribution in [3.05, 3.63) is 35.0 Å². The molecule has 0 amide bonds. The predicted molar refractivity (Wildman–Crippen MR) is 79.4 cm³/mol. The normalized spacial score (nSPS) is 10.8. The first kappa shape index (κ1) is 15.3. The summed E-state index contributed by atoms with van der Waals surface area (Å²) in [7, 11) is 1.30. The number of benzene rings is 1. The molecule has 21 heavy (non-hydrogen) atoms. The van der Waals surface area contributed by atoms with Gasteiger partial charge in [0, 0.05) is 23.9 Å². The van der Waals surface area contributed by atoms with Crippen LogP contribution in [-0.4, -0.2) is 35.6 Å². The van der Waals surface area contributed by atoms with E-state index in [2.05, 4.69) is 9.72 Å². The van der Waals surface area contributed by atoms with Crippen LogP contribution in [0.5, 0.6) is 0 Å². The maximum Gasteiger partial charge on any atom is 0.305 e. The number of aromatic amines is 1. The van der Waals surface area contributed by atoms with E-state index in [9.17, 15) is 14.7 Å². The number of Topliss-reactive ketones (excluding diaryl/α,β-unsaturated/α-hetero) is 1. The van der Waals surface area contributed by atoms with E-state index in [1.165, 1.54) is 7.11 Å². The first-order valence-corrected chi connectivity index (χ1v) is 6.89. The Labute approximate surface area is 122 Å². The Morgan fingerprint density at radius 1 is 1.29 bits per heavy atom. The highest BCUT2D eigenvalue weighted by Gasteiger charge is 2.18. The van der Waals surface area contributed by atoms with Gasteiger partial charge in [0.25, 0.3) is 0 Å². The summed E-state index contributed by atoms with van der Waals surface area (Å²) in [5.41, 5.74) is 3.25. The van der Waals surface area contributed by atoms with Gasteiger partial charge in [0.2, 0.25) is 0 Å². The Balaban J connectivity index is 2.35. The van der Waals surface area contributed by atoms with E-state index in [-0.39, 0.29) is 25.2 Å². The third kappa shape index (κ3) is 3.31. The lowest BCUT2D eigenvalue weighted by atomic mass is 10.0. The molecule has 0 radical (unpaired) electrons. The van der Waals surface area contributed by atoms with Gasteiger partial charge in [-0.2, -0.15) is 0 Å². The number of H-pyrrole nitrogens is 1. The number of methoxy groups -OCH3 is 1. The first-order chi connectivity index (χ1) is 10.1. The van der Waals surface area contributed by atoms with Crippen molar-refractivity contribution < 1.29 is 19.4 Å². The van der Waals surface area contributed by atoms with Crippen LogP contribution in [0.15, 0.2) is 18.2 Å². The Morgan fingerprint density at radius 3 is 2.71 bits per heavy atom. The zero-order valence-electron chi connectivity index (χ0n) is 12.2. The van der Waals surface area contributed by atoms with Crippen LogP contribution in [0.25, 0.3) is 10.9 Å². The predicted octanol–water partition coefficient (Wildman–Crippen LogP) is 2.15. The summed E-state index contributed by atoms with van der Waals surface area (Å²) in [6.45, 7) is 1.95. The molecule has 0 spiro atoms. The van der Waals surface area contributed by atoms with Gasteiger partial charge in [-0.05, 0) is 31.0 Å². The molecule has 0 saturated heterocycles. The molecule has 0 unspecified atom stereocenters. The minimum atomic E-state index is -0.404. The van der Waals surface area contributed by atoms with Gasteiger partial charge in [0.15, 0.2) is 5.78 Å². The lowest BCUT2D eigenvalue weighted by Gasteiger charge is -2.03. The third-order valence-corrected chi connectivity index (χ3v) is 3.49. The summed E-state index contributed by atoms with van der Waals surface area (Å²) in [4.78, 5) is 26.5. The van der Waals surface area contributed by atoms with Crippen molar-refractivity contribution >= 4 is 22.7 Å². The minimum Gasteiger partial charge on any atom is -0.469 e. The van der Waals surface area contributed by atoms with Crippen molar-refractivity contribution in [3.63, 3.8) is 0 Å². The molecule has 0 aliphatic heterocycles. The molecular formula is C16H19NO4. The van der Waals surface area contributed by atoms with Crippen molar-refractivity contribution in [2.75, 3.05) is 13.7 Å². The molecule has 0 atom stereocenters. The summed E-state index contributed by atoms with van der Waals surface area (Å²) in [5, 5.41) is 10.2. The number of fused-ring (bicyclic) bond motifs is 1. The van der Waals surface area contributed by atoms with Crippen molar-refractivity contribution in [2.24, 2.45) is 0 Å². The number of ketones is 1. The van der Waals surface area contributed by atoms with Crippen molar-refractivity contribution in [1.82, 2.24) is 4.98 Å².